The van der Waals surface area contributed by atoms with Crippen LogP contribution in [0.25, 0.3) is 10.2 Å². The summed E-state index contributed by atoms with van der Waals surface area (Å²) in [5.74, 6) is -2.10. The Morgan fingerprint density at radius 3 is 2.58 bits per heavy atom. The summed E-state index contributed by atoms with van der Waals surface area (Å²) >= 11 is 1.06. The van der Waals surface area contributed by atoms with Gasteiger partial charge < -0.3 is 4.57 Å². The van der Waals surface area contributed by atoms with Crippen molar-refractivity contribution >= 4 is 45.0 Å². The highest BCUT2D eigenvalue weighted by Gasteiger charge is 2.21. The van der Waals surface area contributed by atoms with E-state index in [9.17, 15) is 18.0 Å². The van der Waals surface area contributed by atoms with Crippen molar-refractivity contribution in [3.63, 3.8) is 0 Å². The van der Waals surface area contributed by atoms with Crippen molar-refractivity contribution < 1.29 is 18.0 Å². The van der Waals surface area contributed by atoms with Gasteiger partial charge in [0.15, 0.2) is 10.9 Å². The molecule has 5 nitrogen and oxygen atoms in total. The average molecular weight is 467 g/mol. The van der Waals surface area contributed by atoms with Gasteiger partial charge in [0, 0.05) is 31.5 Å². The Balaban J connectivity index is 0.00000272. The van der Waals surface area contributed by atoms with E-state index in [1.807, 2.05) is 10.8 Å². The zero-order valence-electron chi connectivity index (χ0n) is 16.2. The molecule has 2 heterocycles. The first-order chi connectivity index (χ1) is 14.5. The van der Waals surface area contributed by atoms with Crippen molar-refractivity contribution in [1.29, 1.82) is 0 Å². The first kappa shape index (κ1) is 22.8. The van der Waals surface area contributed by atoms with Crippen molar-refractivity contribution in [3.8, 4) is 0 Å². The van der Waals surface area contributed by atoms with E-state index in [2.05, 4.69) is 9.97 Å². The summed E-state index contributed by atoms with van der Waals surface area (Å²) in [4.78, 5) is 22.7. The summed E-state index contributed by atoms with van der Waals surface area (Å²) in [5, 5.41) is 0.298. The fourth-order valence-electron chi connectivity index (χ4n) is 3.09. The number of halogens is 4. The summed E-state index contributed by atoms with van der Waals surface area (Å²) in [6.07, 6.45) is 5.82. The molecule has 0 radical (unpaired) electrons. The molecule has 0 saturated carbocycles. The highest BCUT2D eigenvalue weighted by molar-refractivity contribution is 7.22. The summed E-state index contributed by atoms with van der Waals surface area (Å²) in [5.41, 5.74) is 0.685. The lowest BCUT2D eigenvalue weighted by molar-refractivity contribution is -0.118. The van der Waals surface area contributed by atoms with Gasteiger partial charge in [-0.1, -0.05) is 23.5 Å². The molecular formula is C21H18ClF3N4OS. The number of rotatable bonds is 7. The van der Waals surface area contributed by atoms with E-state index in [0.29, 0.717) is 34.9 Å². The molecule has 31 heavy (non-hydrogen) atoms. The third-order valence-electron chi connectivity index (χ3n) is 4.56. The molecule has 0 saturated heterocycles. The van der Waals surface area contributed by atoms with Crippen LogP contribution in [0.4, 0.5) is 18.3 Å². The third-order valence-corrected chi connectivity index (χ3v) is 5.59. The topological polar surface area (TPSA) is 51.0 Å². The standard InChI is InChI=1S/C21H17F3N4OS.ClH/c22-15-4-2-14(3-5-15)10-19(29)28(8-1-7-27-9-6-25-13-27)21-26-20-17(24)11-16(23)12-18(20)30-21;/h2-6,9,11-13H,1,7-8,10H2;1H. The maximum atomic E-state index is 14.1. The Morgan fingerprint density at radius 2 is 1.87 bits per heavy atom. The Hall–Kier alpha value is -2.91. The van der Waals surface area contributed by atoms with Crippen LogP contribution in [0.5, 0.6) is 0 Å². The van der Waals surface area contributed by atoms with E-state index in [1.54, 1.807) is 24.7 Å². The lowest BCUT2D eigenvalue weighted by atomic mass is 10.1. The van der Waals surface area contributed by atoms with Crippen molar-refractivity contribution in [3.05, 3.63) is 78.1 Å². The molecule has 0 N–H and O–H groups in total. The minimum Gasteiger partial charge on any atom is -0.337 e. The number of hydrogen-bond acceptors (Lipinski definition) is 4. The molecule has 0 unspecified atom stereocenters. The van der Waals surface area contributed by atoms with Crippen LogP contribution in [0.15, 0.2) is 55.1 Å². The van der Waals surface area contributed by atoms with Crippen LogP contribution in [0.3, 0.4) is 0 Å². The molecule has 4 rings (SSSR count). The van der Waals surface area contributed by atoms with Gasteiger partial charge in [-0.2, -0.15) is 0 Å². The zero-order valence-corrected chi connectivity index (χ0v) is 17.8. The van der Waals surface area contributed by atoms with Gasteiger partial charge in [0.2, 0.25) is 5.91 Å². The zero-order chi connectivity index (χ0) is 21.1. The molecule has 0 aliphatic rings. The Kier molecular flexibility index (Phi) is 7.29. The molecule has 2 aromatic heterocycles. The van der Waals surface area contributed by atoms with Crippen LogP contribution >= 0.6 is 23.7 Å². The number of amides is 1. The molecule has 0 aliphatic carbocycles. The quantitative estimate of drug-likeness (QED) is 0.385. The summed E-state index contributed by atoms with van der Waals surface area (Å²) in [7, 11) is 0. The summed E-state index contributed by atoms with van der Waals surface area (Å²) in [6.45, 7) is 0.969. The fraction of sp³-hybridized carbons (Fsp3) is 0.190. The average Bonchev–Trinajstić information content (AvgIpc) is 3.36. The third kappa shape index (κ3) is 5.42. The van der Waals surface area contributed by atoms with Gasteiger partial charge >= 0.3 is 0 Å². The van der Waals surface area contributed by atoms with Crippen LogP contribution in [-0.4, -0.2) is 27.0 Å². The molecule has 0 fully saturated rings. The maximum absolute atomic E-state index is 14.1. The maximum Gasteiger partial charge on any atom is 0.233 e. The predicted octanol–water partition coefficient (Wildman–Crippen LogP) is 5.00. The number of carbonyl (C=O) groups excluding carboxylic acids is 1. The van der Waals surface area contributed by atoms with Crippen molar-refractivity contribution in [2.75, 3.05) is 11.4 Å². The number of thiazole rings is 1. The van der Waals surface area contributed by atoms with E-state index >= 15 is 0 Å². The minimum atomic E-state index is -0.767. The first-order valence-electron chi connectivity index (χ1n) is 9.26. The normalized spacial score (nSPS) is 10.8. The second-order valence-electron chi connectivity index (χ2n) is 6.73. The van der Waals surface area contributed by atoms with Gasteiger partial charge in [0.05, 0.1) is 17.4 Å². The number of fused-ring (bicyclic) bond motifs is 1. The number of aromatic nitrogens is 3. The fourth-order valence-corrected chi connectivity index (χ4v) is 4.14. The lowest BCUT2D eigenvalue weighted by Crippen LogP contribution is -2.33. The van der Waals surface area contributed by atoms with Crippen molar-refractivity contribution in [2.45, 2.75) is 19.4 Å². The second-order valence-corrected chi connectivity index (χ2v) is 7.74. The van der Waals surface area contributed by atoms with Gasteiger partial charge in [0.25, 0.3) is 0 Å². The van der Waals surface area contributed by atoms with Gasteiger partial charge in [-0.05, 0) is 30.2 Å². The number of benzene rings is 2. The molecule has 10 heteroatoms. The molecule has 1 amide bonds. The van der Waals surface area contributed by atoms with Gasteiger partial charge in [-0.15, -0.1) is 12.4 Å². The molecule has 162 valence electrons. The van der Waals surface area contributed by atoms with Gasteiger partial charge in [-0.25, -0.2) is 23.1 Å². The smallest absolute Gasteiger partial charge is 0.233 e. The molecule has 0 bridgehead atoms. The van der Waals surface area contributed by atoms with Crippen LogP contribution < -0.4 is 4.90 Å². The molecule has 0 atom stereocenters. The van der Waals surface area contributed by atoms with E-state index in [4.69, 9.17) is 0 Å². The van der Waals surface area contributed by atoms with Gasteiger partial charge in [-0.3, -0.25) is 9.69 Å². The van der Waals surface area contributed by atoms with E-state index in [0.717, 1.165) is 17.4 Å². The molecular weight excluding hydrogens is 449 g/mol. The number of imidazole rings is 1. The van der Waals surface area contributed by atoms with Gasteiger partial charge in [0.1, 0.15) is 17.2 Å². The first-order valence-corrected chi connectivity index (χ1v) is 10.1. The van der Waals surface area contributed by atoms with E-state index < -0.39 is 11.6 Å². The monoisotopic (exact) mass is 466 g/mol. The largest absolute Gasteiger partial charge is 0.337 e. The number of aryl methyl sites for hydroxylation is 1. The number of hydrogen-bond donors (Lipinski definition) is 0. The Labute approximate surface area is 186 Å². The highest BCUT2D eigenvalue weighted by atomic mass is 35.5. The molecule has 0 aliphatic heterocycles. The van der Waals surface area contributed by atoms with E-state index in [1.165, 1.54) is 23.1 Å². The second kappa shape index (κ2) is 9.93. The highest BCUT2D eigenvalue weighted by Crippen LogP contribution is 2.31. The number of nitrogens with zero attached hydrogens (tertiary/aromatic N) is 4. The Bertz CT molecular complexity index is 1170. The molecule has 4 aromatic rings. The van der Waals surface area contributed by atoms with Crippen LogP contribution in [-0.2, 0) is 17.8 Å². The summed E-state index contributed by atoms with van der Waals surface area (Å²) < 4.78 is 43.0. The van der Waals surface area contributed by atoms with Crippen molar-refractivity contribution in [1.82, 2.24) is 14.5 Å². The predicted molar refractivity (Wildman–Crippen MR) is 116 cm³/mol. The summed E-state index contributed by atoms with van der Waals surface area (Å²) in [6, 6.07) is 7.65. The number of carbonyl (C=O) groups is 1. The SMILES string of the molecule is Cl.O=C(Cc1ccc(F)cc1)N(CCCn1ccnc1)c1nc2c(F)cc(F)cc2s1. The van der Waals surface area contributed by atoms with Crippen LogP contribution in [0, 0.1) is 17.5 Å². The van der Waals surface area contributed by atoms with Crippen LogP contribution in [0.1, 0.15) is 12.0 Å². The van der Waals surface area contributed by atoms with Crippen molar-refractivity contribution in [2.24, 2.45) is 0 Å². The molecule has 2 aromatic carbocycles. The van der Waals surface area contributed by atoms with Crippen LogP contribution in [0.2, 0.25) is 0 Å². The number of anilines is 1. The lowest BCUT2D eigenvalue weighted by Gasteiger charge is -2.20. The molecule has 0 spiro atoms. The minimum absolute atomic E-state index is 0. The Morgan fingerprint density at radius 1 is 1.10 bits per heavy atom. The van der Waals surface area contributed by atoms with E-state index in [-0.39, 0.29) is 36.1 Å².